The Bertz CT molecular complexity index is 551. The Morgan fingerprint density at radius 2 is 2.00 bits per heavy atom. The summed E-state index contributed by atoms with van der Waals surface area (Å²) in [6.45, 7) is 1.48. The van der Waals surface area contributed by atoms with Crippen molar-refractivity contribution in [3.63, 3.8) is 0 Å². The molecule has 0 radical (unpaired) electrons. The highest BCUT2D eigenvalue weighted by Gasteiger charge is 2.09. The number of imidazole rings is 1. The van der Waals surface area contributed by atoms with Crippen molar-refractivity contribution < 1.29 is 4.74 Å². The number of aromatic nitrogens is 2. The van der Waals surface area contributed by atoms with Crippen molar-refractivity contribution in [1.29, 1.82) is 0 Å². The minimum absolute atomic E-state index is 0.396. The number of ether oxygens (including phenoxy) is 1. The van der Waals surface area contributed by atoms with Gasteiger partial charge in [0.25, 0.3) is 0 Å². The van der Waals surface area contributed by atoms with E-state index in [4.69, 9.17) is 16.3 Å². The molecule has 1 unspecified atom stereocenters. The number of halogens is 1. The smallest absolute Gasteiger partial charge is 0.156 e. The standard InChI is InChI=1S/C16H22ClN3O/c1-19(2)10-11-21-16(17)14-6-4-13(5-7-14)12-15-18-8-9-20(15)3/h4-9,16H,10-12H2,1-3H3. The lowest BCUT2D eigenvalue weighted by Crippen LogP contribution is -2.18. The molecule has 1 aromatic carbocycles. The number of aryl methyl sites for hydroxylation is 1. The van der Waals surface area contributed by atoms with Gasteiger partial charge in [-0.1, -0.05) is 35.9 Å². The monoisotopic (exact) mass is 307 g/mol. The van der Waals surface area contributed by atoms with Crippen molar-refractivity contribution in [3.05, 3.63) is 53.6 Å². The van der Waals surface area contributed by atoms with Crippen molar-refractivity contribution in [1.82, 2.24) is 14.5 Å². The molecule has 0 fully saturated rings. The highest BCUT2D eigenvalue weighted by molar-refractivity contribution is 6.19. The second-order valence-electron chi connectivity index (χ2n) is 5.36. The highest BCUT2D eigenvalue weighted by Crippen LogP contribution is 2.22. The predicted molar refractivity (Wildman–Crippen MR) is 85.6 cm³/mol. The molecule has 0 N–H and O–H groups in total. The van der Waals surface area contributed by atoms with Crippen molar-refractivity contribution in [2.24, 2.45) is 7.05 Å². The summed E-state index contributed by atoms with van der Waals surface area (Å²) in [7, 11) is 6.03. The van der Waals surface area contributed by atoms with E-state index in [0.29, 0.717) is 6.61 Å². The maximum Gasteiger partial charge on any atom is 0.156 e. The van der Waals surface area contributed by atoms with Gasteiger partial charge in [0.15, 0.2) is 5.56 Å². The molecule has 1 aromatic heterocycles. The van der Waals surface area contributed by atoms with E-state index < -0.39 is 5.56 Å². The molecule has 0 amide bonds. The molecule has 4 nitrogen and oxygen atoms in total. The fraction of sp³-hybridized carbons (Fsp3) is 0.438. The number of likely N-dealkylation sites (N-methyl/N-ethyl adjacent to an activating group) is 1. The maximum atomic E-state index is 6.25. The molecule has 114 valence electrons. The Kier molecular flexibility index (Phi) is 5.79. The minimum atomic E-state index is -0.396. The second kappa shape index (κ2) is 7.59. The molecule has 0 saturated heterocycles. The Labute approximate surface area is 131 Å². The summed E-state index contributed by atoms with van der Waals surface area (Å²) in [5.74, 6) is 1.05. The van der Waals surface area contributed by atoms with Crippen LogP contribution >= 0.6 is 11.6 Å². The average molecular weight is 308 g/mol. The number of nitrogens with zero attached hydrogens (tertiary/aromatic N) is 3. The number of alkyl halides is 1. The third kappa shape index (κ3) is 4.84. The van der Waals surface area contributed by atoms with E-state index in [0.717, 1.165) is 24.4 Å². The molecule has 0 aliphatic rings. The molecule has 0 aliphatic carbocycles. The molecule has 1 atom stereocenters. The van der Waals surface area contributed by atoms with E-state index in [1.807, 2.05) is 50.2 Å². The summed E-state index contributed by atoms with van der Waals surface area (Å²) in [4.78, 5) is 6.40. The van der Waals surface area contributed by atoms with Crippen LogP contribution < -0.4 is 0 Å². The summed E-state index contributed by atoms with van der Waals surface area (Å²) in [6.07, 6.45) is 4.59. The van der Waals surface area contributed by atoms with Gasteiger partial charge in [-0.25, -0.2) is 4.98 Å². The molecule has 5 heteroatoms. The van der Waals surface area contributed by atoms with Crippen LogP contribution in [0.3, 0.4) is 0 Å². The van der Waals surface area contributed by atoms with Crippen molar-refractivity contribution in [2.45, 2.75) is 12.0 Å². The highest BCUT2D eigenvalue weighted by atomic mass is 35.5. The number of hydrogen-bond donors (Lipinski definition) is 0. The predicted octanol–water partition coefficient (Wildman–Crippen LogP) is 2.83. The number of rotatable bonds is 7. The van der Waals surface area contributed by atoms with Gasteiger partial charge in [0.05, 0.1) is 6.61 Å². The van der Waals surface area contributed by atoms with Crippen LogP contribution in [-0.2, 0) is 18.2 Å². The first-order valence-corrected chi connectivity index (χ1v) is 7.45. The fourth-order valence-corrected chi connectivity index (χ4v) is 2.21. The lowest BCUT2D eigenvalue weighted by Gasteiger charge is -2.14. The zero-order valence-electron chi connectivity index (χ0n) is 12.8. The van der Waals surface area contributed by atoms with E-state index in [9.17, 15) is 0 Å². The second-order valence-corrected chi connectivity index (χ2v) is 5.76. The van der Waals surface area contributed by atoms with Crippen LogP contribution in [-0.4, -0.2) is 41.7 Å². The van der Waals surface area contributed by atoms with Crippen LogP contribution in [0.1, 0.15) is 22.5 Å². The summed E-state index contributed by atoms with van der Waals surface area (Å²) in [6, 6.07) is 8.20. The zero-order valence-corrected chi connectivity index (χ0v) is 13.5. The zero-order chi connectivity index (χ0) is 15.2. The average Bonchev–Trinajstić information content (AvgIpc) is 2.84. The van der Waals surface area contributed by atoms with E-state index in [-0.39, 0.29) is 0 Å². The molecule has 0 aliphatic heterocycles. The van der Waals surface area contributed by atoms with Gasteiger partial charge in [-0.2, -0.15) is 0 Å². The Morgan fingerprint density at radius 1 is 1.29 bits per heavy atom. The molecular formula is C16H22ClN3O. The van der Waals surface area contributed by atoms with Gasteiger partial charge < -0.3 is 14.2 Å². The number of hydrogen-bond acceptors (Lipinski definition) is 3. The van der Waals surface area contributed by atoms with Crippen molar-refractivity contribution >= 4 is 11.6 Å². The first kappa shape index (κ1) is 16.0. The largest absolute Gasteiger partial charge is 0.357 e. The lowest BCUT2D eigenvalue weighted by atomic mass is 10.1. The third-order valence-corrected chi connectivity index (χ3v) is 3.71. The summed E-state index contributed by atoms with van der Waals surface area (Å²) in [5.41, 5.74) is 1.80. The summed E-state index contributed by atoms with van der Waals surface area (Å²) in [5, 5.41) is 0. The van der Waals surface area contributed by atoms with Gasteiger partial charge >= 0.3 is 0 Å². The molecular weight excluding hydrogens is 286 g/mol. The summed E-state index contributed by atoms with van der Waals surface area (Å²) >= 11 is 6.25. The van der Waals surface area contributed by atoms with Crippen LogP contribution in [0.5, 0.6) is 0 Å². The Balaban J connectivity index is 1.90. The van der Waals surface area contributed by atoms with E-state index >= 15 is 0 Å². The SMILES string of the molecule is CN(C)CCOC(Cl)c1ccc(Cc2nccn2C)cc1. The van der Waals surface area contributed by atoms with E-state index in [2.05, 4.69) is 22.0 Å². The normalized spacial score (nSPS) is 12.8. The van der Waals surface area contributed by atoms with Crippen LogP contribution in [0, 0.1) is 0 Å². The van der Waals surface area contributed by atoms with Crippen LogP contribution in [0.15, 0.2) is 36.7 Å². The maximum absolute atomic E-state index is 6.25. The molecule has 0 bridgehead atoms. The first-order valence-electron chi connectivity index (χ1n) is 7.01. The van der Waals surface area contributed by atoms with Crippen LogP contribution in [0.2, 0.25) is 0 Å². The molecule has 2 rings (SSSR count). The van der Waals surface area contributed by atoms with E-state index in [1.165, 1.54) is 5.56 Å². The lowest BCUT2D eigenvalue weighted by molar-refractivity contribution is 0.0939. The molecule has 21 heavy (non-hydrogen) atoms. The quantitative estimate of drug-likeness (QED) is 0.737. The van der Waals surface area contributed by atoms with Gasteiger partial charge in [0, 0.05) is 32.4 Å². The first-order chi connectivity index (χ1) is 10.1. The molecule has 1 heterocycles. The van der Waals surface area contributed by atoms with Gasteiger partial charge in [-0.3, -0.25) is 0 Å². The van der Waals surface area contributed by atoms with Gasteiger partial charge in [-0.05, 0) is 25.2 Å². The molecule has 0 saturated carbocycles. The Hall–Kier alpha value is -1.36. The van der Waals surface area contributed by atoms with Gasteiger partial charge in [0.2, 0.25) is 0 Å². The van der Waals surface area contributed by atoms with Gasteiger partial charge in [-0.15, -0.1) is 0 Å². The topological polar surface area (TPSA) is 30.3 Å². The van der Waals surface area contributed by atoms with Gasteiger partial charge in [0.1, 0.15) is 5.82 Å². The number of benzene rings is 1. The summed E-state index contributed by atoms with van der Waals surface area (Å²) < 4.78 is 7.64. The fourth-order valence-electron chi connectivity index (χ4n) is 1.97. The molecule has 2 aromatic rings. The van der Waals surface area contributed by atoms with Crippen LogP contribution in [0.25, 0.3) is 0 Å². The minimum Gasteiger partial charge on any atom is -0.357 e. The molecule has 0 spiro atoms. The van der Waals surface area contributed by atoms with Crippen molar-refractivity contribution in [3.8, 4) is 0 Å². The Morgan fingerprint density at radius 3 is 2.57 bits per heavy atom. The van der Waals surface area contributed by atoms with Crippen molar-refractivity contribution in [2.75, 3.05) is 27.2 Å². The van der Waals surface area contributed by atoms with Crippen LogP contribution in [0.4, 0.5) is 0 Å². The third-order valence-electron chi connectivity index (χ3n) is 3.33. The van der Waals surface area contributed by atoms with E-state index in [1.54, 1.807) is 0 Å².